The van der Waals surface area contributed by atoms with Crippen molar-refractivity contribution in [3.63, 3.8) is 0 Å². The summed E-state index contributed by atoms with van der Waals surface area (Å²) in [6.07, 6.45) is 1.78. The van der Waals surface area contributed by atoms with Crippen LogP contribution in [0.4, 0.5) is 5.69 Å². The van der Waals surface area contributed by atoms with Crippen LogP contribution in [0.2, 0.25) is 10.0 Å². The number of rotatable bonds is 7. The predicted octanol–water partition coefficient (Wildman–Crippen LogP) is 6.60. The molecule has 1 aliphatic rings. The summed E-state index contributed by atoms with van der Waals surface area (Å²) in [5.74, 6) is 0.482. The fourth-order valence-electron chi connectivity index (χ4n) is 3.39. The standard InChI is InChI=1S/C27H22Cl2N2O5S/c1-31-25(32)24(37-27(31)30-19-8-6-18(7-9-19)26(33)35-3)14-16-5-11-22(23(13-16)34-2)36-15-17-4-10-20(28)21(29)12-17/h4-14H,15H2,1-3H3/b24-14-,30-27?. The fourth-order valence-corrected chi connectivity index (χ4v) is 4.69. The average molecular weight is 557 g/mol. The molecule has 7 nitrogen and oxygen atoms in total. The zero-order chi connectivity index (χ0) is 26.5. The average Bonchev–Trinajstić information content (AvgIpc) is 3.17. The van der Waals surface area contributed by atoms with Crippen molar-refractivity contribution in [3.05, 3.63) is 92.3 Å². The van der Waals surface area contributed by atoms with Gasteiger partial charge >= 0.3 is 5.97 Å². The van der Waals surface area contributed by atoms with E-state index in [9.17, 15) is 9.59 Å². The highest BCUT2D eigenvalue weighted by Gasteiger charge is 2.30. The van der Waals surface area contributed by atoms with Crippen molar-refractivity contribution in [2.75, 3.05) is 21.3 Å². The lowest BCUT2D eigenvalue weighted by Crippen LogP contribution is -2.23. The molecule has 1 aliphatic heterocycles. The van der Waals surface area contributed by atoms with Crippen LogP contribution in [-0.2, 0) is 16.1 Å². The Morgan fingerprint density at radius 3 is 2.43 bits per heavy atom. The molecule has 190 valence electrons. The Kier molecular flexibility index (Phi) is 8.43. The molecule has 0 aromatic heterocycles. The van der Waals surface area contributed by atoms with Crippen molar-refractivity contribution in [1.29, 1.82) is 0 Å². The zero-order valence-corrected chi connectivity index (χ0v) is 22.5. The highest BCUT2D eigenvalue weighted by Crippen LogP contribution is 2.35. The molecule has 1 heterocycles. The van der Waals surface area contributed by atoms with Gasteiger partial charge in [-0.1, -0.05) is 35.3 Å². The highest BCUT2D eigenvalue weighted by molar-refractivity contribution is 8.18. The van der Waals surface area contributed by atoms with Crippen molar-refractivity contribution in [1.82, 2.24) is 4.90 Å². The number of methoxy groups -OCH3 is 2. The number of carbonyl (C=O) groups is 2. The van der Waals surface area contributed by atoms with Gasteiger partial charge in [-0.15, -0.1) is 0 Å². The Hall–Kier alpha value is -3.46. The maximum absolute atomic E-state index is 12.8. The molecule has 3 aromatic rings. The number of carbonyl (C=O) groups excluding carboxylic acids is 2. The van der Waals surface area contributed by atoms with Crippen LogP contribution in [0.1, 0.15) is 21.5 Å². The van der Waals surface area contributed by atoms with Crippen molar-refractivity contribution in [3.8, 4) is 11.5 Å². The first-order valence-electron chi connectivity index (χ1n) is 11.0. The Bertz CT molecular complexity index is 1410. The van der Waals surface area contributed by atoms with Gasteiger partial charge in [-0.25, -0.2) is 9.79 Å². The molecule has 0 saturated carbocycles. The van der Waals surface area contributed by atoms with Crippen LogP contribution in [-0.4, -0.2) is 43.2 Å². The van der Waals surface area contributed by atoms with Gasteiger partial charge in [0.15, 0.2) is 16.7 Å². The summed E-state index contributed by atoms with van der Waals surface area (Å²) in [5, 5.41) is 1.46. The first-order valence-corrected chi connectivity index (χ1v) is 12.6. The topological polar surface area (TPSA) is 77.4 Å². The SMILES string of the molecule is COC(=O)c1ccc(N=C2S/C(=C\c3ccc(OCc4ccc(Cl)c(Cl)c4)c(OC)c3)C(=O)N2C)cc1. The van der Waals surface area contributed by atoms with E-state index in [0.717, 1.165) is 11.1 Å². The second-order valence-electron chi connectivity index (χ2n) is 7.86. The normalized spacial score (nSPS) is 15.4. The largest absolute Gasteiger partial charge is 0.493 e. The molecular weight excluding hydrogens is 535 g/mol. The molecular formula is C27H22Cl2N2O5S. The molecule has 0 N–H and O–H groups in total. The van der Waals surface area contributed by atoms with E-state index < -0.39 is 5.97 Å². The smallest absolute Gasteiger partial charge is 0.337 e. The molecule has 10 heteroatoms. The van der Waals surface area contributed by atoms with Crippen molar-refractivity contribution >= 4 is 63.8 Å². The lowest BCUT2D eigenvalue weighted by atomic mass is 10.2. The zero-order valence-electron chi connectivity index (χ0n) is 20.2. The summed E-state index contributed by atoms with van der Waals surface area (Å²) < 4.78 is 16.1. The van der Waals surface area contributed by atoms with Crippen LogP contribution in [0.25, 0.3) is 6.08 Å². The van der Waals surface area contributed by atoms with E-state index in [1.165, 1.54) is 23.8 Å². The van der Waals surface area contributed by atoms with Gasteiger partial charge in [0.05, 0.1) is 40.4 Å². The van der Waals surface area contributed by atoms with Gasteiger partial charge in [0.2, 0.25) is 0 Å². The third kappa shape index (κ3) is 6.28. The van der Waals surface area contributed by atoms with Crippen LogP contribution in [0.3, 0.4) is 0 Å². The summed E-state index contributed by atoms with van der Waals surface area (Å²) in [6.45, 7) is 0.285. The minimum Gasteiger partial charge on any atom is -0.493 e. The maximum atomic E-state index is 12.8. The molecule has 37 heavy (non-hydrogen) atoms. The second kappa shape index (κ2) is 11.7. The number of nitrogens with zero attached hydrogens (tertiary/aromatic N) is 2. The molecule has 4 rings (SSSR count). The lowest BCUT2D eigenvalue weighted by Gasteiger charge is -2.12. The van der Waals surface area contributed by atoms with Gasteiger partial charge in [0.25, 0.3) is 5.91 Å². The fraction of sp³-hybridized carbons (Fsp3) is 0.148. The number of esters is 1. The van der Waals surface area contributed by atoms with Gasteiger partial charge in [-0.05, 0) is 77.5 Å². The van der Waals surface area contributed by atoms with Crippen LogP contribution < -0.4 is 9.47 Å². The van der Waals surface area contributed by atoms with E-state index in [0.29, 0.717) is 42.9 Å². The number of thioether (sulfide) groups is 1. The Morgan fingerprint density at radius 1 is 1.00 bits per heavy atom. The quantitative estimate of drug-likeness (QED) is 0.241. The summed E-state index contributed by atoms with van der Waals surface area (Å²) in [7, 11) is 4.55. The summed E-state index contributed by atoms with van der Waals surface area (Å²) in [4.78, 5) is 31.0. The molecule has 0 bridgehead atoms. The van der Waals surface area contributed by atoms with Crippen LogP contribution >= 0.6 is 35.0 Å². The second-order valence-corrected chi connectivity index (χ2v) is 9.68. The number of amidine groups is 1. The first kappa shape index (κ1) is 26.6. The van der Waals surface area contributed by atoms with Crippen molar-refractivity contribution < 1.29 is 23.8 Å². The predicted molar refractivity (Wildman–Crippen MR) is 147 cm³/mol. The Labute approximate surface area is 228 Å². The van der Waals surface area contributed by atoms with E-state index in [1.807, 2.05) is 12.1 Å². The van der Waals surface area contributed by atoms with Crippen LogP contribution in [0.15, 0.2) is 70.6 Å². The van der Waals surface area contributed by atoms with E-state index in [4.69, 9.17) is 37.4 Å². The number of amides is 1. The number of aliphatic imine (C=N–C) groups is 1. The van der Waals surface area contributed by atoms with Gasteiger partial charge < -0.3 is 14.2 Å². The van der Waals surface area contributed by atoms with Crippen molar-refractivity contribution in [2.24, 2.45) is 4.99 Å². The summed E-state index contributed by atoms with van der Waals surface area (Å²) in [6, 6.07) is 17.4. The van der Waals surface area contributed by atoms with Gasteiger partial charge in [0.1, 0.15) is 6.61 Å². The van der Waals surface area contributed by atoms with Gasteiger partial charge in [0, 0.05) is 7.05 Å². The number of benzene rings is 3. The number of halogens is 2. The number of ether oxygens (including phenoxy) is 3. The molecule has 0 atom stereocenters. The molecule has 0 radical (unpaired) electrons. The molecule has 3 aromatic carbocycles. The van der Waals surface area contributed by atoms with E-state index >= 15 is 0 Å². The molecule has 0 spiro atoms. The minimum absolute atomic E-state index is 0.172. The number of likely N-dealkylation sites (N-methyl/N-ethyl adjacent to an activating group) is 1. The number of hydrogen-bond donors (Lipinski definition) is 0. The van der Waals surface area contributed by atoms with E-state index in [2.05, 4.69) is 4.99 Å². The highest BCUT2D eigenvalue weighted by atomic mass is 35.5. The van der Waals surface area contributed by atoms with E-state index in [1.54, 1.807) is 68.8 Å². The van der Waals surface area contributed by atoms with Crippen LogP contribution in [0, 0.1) is 0 Å². The van der Waals surface area contributed by atoms with Gasteiger partial charge in [-0.2, -0.15) is 0 Å². The maximum Gasteiger partial charge on any atom is 0.337 e. The molecule has 0 unspecified atom stereocenters. The summed E-state index contributed by atoms with van der Waals surface area (Å²) >= 11 is 13.3. The monoisotopic (exact) mass is 556 g/mol. The molecule has 1 saturated heterocycles. The first-order chi connectivity index (χ1) is 17.8. The summed E-state index contributed by atoms with van der Waals surface area (Å²) in [5.41, 5.74) is 2.67. The number of hydrogen-bond acceptors (Lipinski definition) is 7. The third-order valence-electron chi connectivity index (χ3n) is 5.38. The minimum atomic E-state index is -0.423. The van der Waals surface area contributed by atoms with Crippen molar-refractivity contribution in [2.45, 2.75) is 6.61 Å². The molecule has 1 amide bonds. The van der Waals surface area contributed by atoms with Crippen LogP contribution in [0.5, 0.6) is 11.5 Å². The van der Waals surface area contributed by atoms with Gasteiger partial charge in [-0.3, -0.25) is 9.69 Å². The molecule has 0 aliphatic carbocycles. The molecule has 1 fully saturated rings. The Balaban J connectivity index is 1.49. The lowest BCUT2D eigenvalue weighted by molar-refractivity contribution is -0.121. The third-order valence-corrected chi connectivity index (χ3v) is 7.18. The Morgan fingerprint density at radius 2 is 1.76 bits per heavy atom. The van der Waals surface area contributed by atoms with E-state index in [-0.39, 0.29) is 12.5 Å².